The Hall–Kier alpha value is -4.31. The van der Waals surface area contributed by atoms with Gasteiger partial charge in [0.15, 0.2) is 0 Å². The lowest BCUT2D eigenvalue weighted by molar-refractivity contribution is 0.0734. The summed E-state index contributed by atoms with van der Waals surface area (Å²) in [5, 5.41) is 9.62. The maximum atomic E-state index is 14.6. The van der Waals surface area contributed by atoms with Crippen LogP contribution in [0, 0.1) is 23.1 Å². The van der Waals surface area contributed by atoms with Crippen molar-refractivity contribution in [2.24, 2.45) is 11.7 Å². The molecule has 34 heavy (non-hydrogen) atoms. The first-order chi connectivity index (χ1) is 16.4. The number of esters is 1. The van der Waals surface area contributed by atoms with Crippen molar-refractivity contribution >= 4 is 5.97 Å². The standard InChI is InChI=1S/C27H23FN2O4/c1-16(2)15-32-18-9-7-17(8-10-18)27(31)33-19-11-12-21-24(13-19)34-26(30)22(14-29)25(21)20-5-3-4-6-23(20)28/h3-13,16,25H,15,30H2,1-2H3. The van der Waals surface area contributed by atoms with E-state index in [1.165, 1.54) is 12.1 Å². The predicted molar refractivity (Wildman–Crippen MR) is 124 cm³/mol. The molecule has 0 amide bonds. The molecule has 3 aromatic rings. The van der Waals surface area contributed by atoms with Crippen molar-refractivity contribution in [2.45, 2.75) is 19.8 Å². The first kappa shape index (κ1) is 22.9. The zero-order chi connectivity index (χ0) is 24.2. The summed E-state index contributed by atoms with van der Waals surface area (Å²) in [6.45, 7) is 4.69. The summed E-state index contributed by atoms with van der Waals surface area (Å²) < 4.78 is 31.3. The van der Waals surface area contributed by atoms with Gasteiger partial charge in [0, 0.05) is 17.2 Å². The molecule has 3 aromatic carbocycles. The summed E-state index contributed by atoms with van der Waals surface area (Å²) in [5.74, 6) is -0.307. The Kier molecular flexibility index (Phi) is 6.51. The van der Waals surface area contributed by atoms with Gasteiger partial charge in [0.2, 0.25) is 5.88 Å². The Labute approximate surface area is 197 Å². The number of benzene rings is 3. The number of fused-ring (bicyclic) bond motifs is 1. The highest BCUT2D eigenvalue weighted by Crippen LogP contribution is 2.44. The molecule has 0 aromatic heterocycles. The Morgan fingerprint density at radius 1 is 1.09 bits per heavy atom. The molecule has 0 fully saturated rings. The van der Waals surface area contributed by atoms with Crippen LogP contribution in [0.2, 0.25) is 0 Å². The molecule has 7 heteroatoms. The van der Waals surface area contributed by atoms with E-state index in [0.717, 1.165) is 0 Å². The number of ether oxygens (including phenoxy) is 3. The van der Waals surface area contributed by atoms with Crippen molar-refractivity contribution < 1.29 is 23.4 Å². The van der Waals surface area contributed by atoms with Gasteiger partial charge in [-0.25, -0.2) is 9.18 Å². The van der Waals surface area contributed by atoms with E-state index < -0.39 is 17.7 Å². The monoisotopic (exact) mass is 458 g/mol. The second-order valence-electron chi connectivity index (χ2n) is 8.26. The van der Waals surface area contributed by atoms with Crippen LogP contribution < -0.4 is 19.9 Å². The summed E-state index contributed by atoms with van der Waals surface area (Å²) in [6.07, 6.45) is 0. The Morgan fingerprint density at radius 3 is 2.47 bits per heavy atom. The van der Waals surface area contributed by atoms with Gasteiger partial charge in [0.05, 0.1) is 18.1 Å². The Balaban J connectivity index is 1.58. The van der Waals surface area contributed by atoms with Crippen LogP contribution >= 0.6 is 0 Å². The number of carbonyl (C=O) groups excluding carboxylic acids is 1. The second-order valence-corrected chi connectivity index (χ2v) is 8.26. The molecule has 172 valence electrons. The fourth-order valence-electron chi connectivity index (χ4n) is 3.64. The van der Waals surface area contributed by atoms with Gasteiger partial charge in [-0.2, -0.15) is 5.26 Å². The molecule has 0 saturated heterocycles. The highest BCUT2D eigenvalue weighted by atomic mass is 19.1. The maximum absolute atomic E-state index is 14.6. The summed E-state index contributed by atoms with van der Waals surface area (Å²) in [7, 11) is 0. The number of allylic oxidation sites excluding steroid dienone is 1. The van der Waals surface area contributed by atoms with E-state index in [1.54, 1.807) is 54.6 Å². The van der Waals surface area contributed by atoms with Gasteiger partial charge in [0.1, 0.15) is 34.7 Å². The SMILES string of the molecule is CC(C)COc1ccc(C(=O)Oc2ccc3c(c2)OC(N)=C(C#N)C3c2ccccc2F)cc1. The lowest BCUT2D eigenvalue weighted by Gasteiger charge is -2.27. The first-order valence-corrected chi connectivity index (χ1v) is 10.8. The van der Waals surface area contributed by atoms with E-state index in [0.29, 0.717) is 35.0 Å². The van der Waals surface area contributed by atoms with Crippen molar-refractivity contribution in [1.82, 2.24) is 0 Å². The number of halogens is 1. The van der Waals surface area contributed by atoms with E-state index in [-0.39, 0.29) is 23.0 Å². The number of nitrogens with zero attached hydrogens (tertiary/aromatic N) is 1. The topological polar surface area (TPSA) is 94.6 Å². The van der Waals surface area contributed by atoms with Crippen molar-refractivity contribution in [3.05, 3.63) is 101 Å². The van der Waals surface area contributed by atoms with Crippen molar-refractivity contribution in [1.29, 1.82) is 5.26 Å². The largest absolute Gasteiger partial charge is 0.493 e. The van der Waals surface area contributed by atoms with Crippen LogP contribution in [-0.2, 0) is 0 Å². The third-order valence-electron chi connectivity index (χ3n) is 5.29. The average molecular weight is 458 g/mol. The molecule has 1 aliphatic heterocycles. The smallest absolute Gasteiger partial charge is 0.343 e. The summed E-state index contributed by atoms with van der Waals surface area (Å²) in [5.41, 5.74) is 7.29. The van der Waals surface area contributed by atoms with Crippen LogP contribution in [0.1, 0.15) is 41.3 Å². The number of rotatable bonds is 6. The lowest BCUT2D eigenvalue weighted by atomic mass is 9.83. The third-order valence-corrected chi connectivity index (χ3v) is 5.29. The predicted octanol–water partition coefficient (Wildman–Crippen LogP) is 5.30. The third kappa shape index (κ3) is 4.71. The fraction of sp³-hybridized carbons (Fsp3) is 0.185. The number of nitriles is 1. The molecular weight excluding hydrogens is 435 g/mol. The zero-order valence-corrected chi connectivity index (χ0v) is 18.7. The molecule has 0 bridgehead atoms. The van der Waals surface area contributed by atoms with Crippen molar-refractivity contribution in [3.63, 3.8) is 0 Å². The highest BCUT2D eigenvalue weighted by Gasteiger charge is 2.32. The highest BCUT2D eigenvalue weighted by molar-refractivity contribution is 5.91. The molecule has 0 aliphatic carbocycles. The molecule has 0 saturated carbocycles. The minimum Gasteiger partial charge on any atom is -0.493 e. The van der Waals surface area contributed by atoms with Gasteiger partial charge in [-0.05, 0) is 42.3 Å². The normalized spacial score (nSPS) is 14.7. The number of hydrogen-bond donors (Lipinski definition) is 1. The molecule has 4 rings (SSSR count). The van der Waals surface area contributed by atoms with E-state index in [4.69, 9.17) is 19.9 Å². The van der Waals surface area contributed by atoms with Crippen molar-refractivity contribution in [2.75, 3.05) is 6.61 Å². The minimum absolute atomic E-state index is 0.113. The fourth-order valence-corrected chi connectivity index (χ4v) is 3.64. The molecule has 1 heterocycles. The molecule has 6 nitrogen and oxygen atoms in total. The molecule has 1 unspecified atom stereocenters. The first-order valence-electron chi connectivity index (χ1n) is 10.8. The van der Waals surface area contributed by atoms with E-state index in [2.05, 4.69) is 13.8 Å². The van der Waals surface area contributed by atoms with Gasteiger partial charge >= 0.3 is 5.97 Å². The molecular formula is C27H23FN2O4. The summed E-state index contributed by atoms with van der Waals surface area (Å²) >= 11 is 0. The van der Waals surface area contributed by atoms with Crippen LogP contribution in [-0.4, -0.2) is 12.6 Å². The summed E-state index contributed by atoms with van der Waals surface area (Å²) in [4.78, 5) is 12.6. The minimum atomic E-state index is -0.738. The number of nitrogens with two attached hydrogens (primary N) is 1. The summed E-state index contributed by atoms with van der Waals surface area (Å²) in [6, 6.07) is 19.6. The van der Waals surface area contributed by atoms with Crippen LogP contribution in [0.5, 0.6) is 17.2 Å². The molecule has 2 N–H and O–H groups in total. The quantitative estimate of drug-likeness (QED) is 0.398. The van der Waals surface area contributed by atoms with Gasteiger partial charge in [0.25, 0.3) is 0 Å². The maximum Gasteiger partial charge on any atom is 0.343 e. The van der Waals surface area contributed by atoms with Gasteiger partial charge < -0.3 is 19.9 Å². The molecule has 1 aliphatic rings. The number of carbonyl (C=O) groups is 1. The van der Waals surface area contributed by atoms with Crippen LogP contribution in [0.3, 0.4) is 0 Å². The zero-order valence-electron chi connectivity index (χ0n) is 18.7. The van der Waals surface area contributed by atoms with E-state index in [1.807, 2.05) is 6.07 Å². The lowest BCUT2D eigenvalue weighted by Crippen LogP contribution is -2.21. The van der Waals surface area contributed by atoms with E-state index >= 15 is 0 Å². The number of hydrogen-bond acceptors (Lipinski definition) is 6. The molecule has 0 spiro atoms. The van der Waals surface area contributed by atoms with E-state index in [9.17, 15) is 14.4 Å². The van der Waals surface area contributed by atoms with Crippen molar-refractivity contribution in [3.8, 4) is 23.3 Å². The van der Waals surface area contributed by atoms with Crippen LogP contribution in [0.15, 0.2) is 78.2 Å². The second kappa shape index (κ2) is 9.67. The van der Waals surface area contributed by atoms with Gasteiger partial charge in [-0.3, -0.25) is 0 Å². The van der Waals surface area contributed by atoms with Crippen LogP contribution in [0.4, 0.5) is 4.39 Å². The average Bonchev–Trinajstić information content (AvgIpc) is 2.82. The molecule has 0 radical (unpaired) electrons. The van der Waals surface area contributed by atoms with Crippen LogP contribution in [0.25, 0.3) is 0 Å². The Bertz CT molecular complexity index is 1290. The van der Waals surface area contributed by atoms with Gasteiger partial charge in [-0.15, -0.1) is 0 Å². The van der Waals surface area contributed by atoms with Gasteiger partial charge in [-0.1, -0.05) is 38.1 Å². The molecule has 1 atom stereocenters. The Morgan fingerprint density at radius 2 is 1.79 bits per heavy atom.